The van der Waals surface area contributed by atoms with E-state index in [-0.39, 0.29) is 30.4 Å². The van der Waals surface area contributed by atoms with E-state index in [1.807, 2.05) is 54.6 Å². The van der Waals surface area contributed by atoms with Crippen molar-refractivity contribution in [3.8, 4) is 0 Å². The summed E-state index contributed by atoms with van der Waals surface area (Å²) in [5.41, 5.74) is 1.59. The van der Waals surface area contributed by atoms with Gasteiger partial charge in [0.2, 0.25) is 5.95 Å². The molecular weight excluding hydrogens is 550 g/mol. The number of carboxylic acid groups (broad SMARTS) is 1. The van der Waals surface area contributed by atoms with Crippen LogP contribution in [0.15, 0.2) is 72.9 Å². The zero-order chi connectivity index (χ0) is 28.3. The van der Waals surface area contributed by atoms with Crippen molar-refractivity contribution in [3.05, 3.63) is 83.5 Å². The van der Waals surface area contributed by atoms with E-state index < -0.39 is 5.97 Å². The molecule has 0 aliphatic heterocycles. The van der Waals surface area contributed by atoms with Crippen molar-refractivity contribution in [2.45, 2.75) is 12.8 Å². The first-order valence-electron chi connectivity index (χ1n) is 12.6. The molecule has 1 aromatic heterocycles. The molecule has 4 rings (SSSR count). The number of rotatable bonds is 12. The van der Waals surface area contributed by atoms with Crippen LogP contribution in [0.4, 0.5) is 23.1 Å². The second kappa shape index (κ2) is 14.1. The van der Waals surface area contributed by atoms with E-state index in [0.29, 0.717) is 46.8 Å². The Bertz CT molecular complexity index is 1510. The number of halogens is 1. The van der Waals surface area contributed by atoms with Crippen molar-refractivity contribution >= 4 is 74.7 Å². The number of hydrogen-bond donors (Lipinski definition) is 6. The van der Waals surface area contributed by atoms with Gasteiger partial charge in [-0.1, -0.05) is 60.1 Å². The fraction of sp³-hybridized carbons (Fsp3) is 0.179. The number of para-hydroxylation sites is 1. The van der Waals surface area contributed by atoms with Crippen molar-refractivity contribution in [1.29, 1.82) is 0 Å². The standard InChI is InChI=1S/C28H28ClN7O3S/c29-21-10-3-4-11-23(21)35-27-33-17-20(26(39)34-22-12-5-8-18-7-1-2-9-19(18)22)25(36-27)30-14-6-15-31-28(40)32-16-13-24(37)38/h1-5,7-12,17H,6,13-16H2,(H,34,39)(H,37,38)(H2,31,32,40)(H2,30,33,35,36). The van der Waals surface area contributed by atoms with Crippen LogP contribution in [-0.2, 0) is 4.79 Å². The average molecular weight is 578 g/mol. The number of benzene rings is 3. The third kappa shape index (κ3) is 8.01. The second-order valence-corrected chi connectivity index (χ2v) is 9.46. The van der Waals surface area contributed by atoms with Crippen molar-refractivity contribution in [2.75, 3.05) is 35.6 Å². The normalized spacial score (nSPS) is 10.5. The van der Waals surface area contributed by atoms with Crippen LogP contribution in [0.3, 0.4) is 0 Å². The van der Waals surface area contributed by atoms with Gasteiger partial charge in [0.05, 0.1) is 17.1 Å². The summed E-state index contributed by atoms with van der Waals surface area (Å²) in [6.07, 6.45) is 2.09. The largest absolute Gasteiger partial charge is 0.481 e. The van der Waals surface area contributed by atoms with Crippen LogP contribution in [0, 0.1) is 0 Å². The number of nitrogens with one attached hydrogen (secondary N) is 5. The second-order valence-electron chi connectivity index (χ2n) is 8.65. The van der Waals surface area contributed by atoms with Gasteiger partial charge < -0.3 is 31.7 Å². The average Bonchev–Trinajstić information content (AvgIpc) is 2.94. The van der Waals surface area contributed by atoms with Gasteiger partial charge in [-0.15, -0.1) is 0 Å². The molecule has 3 aromatic carbocycles. The van der Waals surface area contributed by atoms with Gasteiger partial charge in [0, 0.05) is 36.9 Å². The number of carboxylic acids is 1. The summed E-state index contributed by atoms with van der Waals surface area (Å²) in [6, 6.07) is 20.7. The number of hydrogen-bond acceptors (Lipinski definition) is 7. The van der Waals surface area contributed by atoms with Crippen LogP contribution in [0.1, 0.15) is 23.2 Å². The van der Waals surface area contributed by atoms with Crippen LogP contribution in [0.2, 0.25) is 5.02 Å². The third-order valence-corrected chi connectivity index (χ3v) is 6.37. The smallest absolute Gasteiger partial charge is 0.305 e. The van der Waals surface area contributed by atoms with Gasteiger partial charge >= 0.3 is 5.97 Å². The van der Waals surface area contributed by atoms with Crippen LogP contribution in [0.25, 0.3) is 10.8 Å². The summed E-state index contributed by atoms with van der Waals surface area (Å²) in [5, 5.41) is 26.7. The molecule has 40 heavy (non-hydrogen) atoms. The summed E-state index contributed by atoms with van der Waals surface area (Å²) < 4.78 is 0. The number of carbonyl (C=O) groups excluding carboxylic acids is 1. The topological polar surface area (TPSA) is 140 Å². The van der Waals surface area contributed by atoms with Crippen LogP contribution in [-0.4, -0.2) is 51.7 Å². The first-order chi connectivity index (χ1) is 19.4. The molecule has 0 aliphatic carbocycles. The Labute approximate surface area is 241 Å². The Morgan fingerprint density at radius 2 is 1.62 bits per heavy atom. The molecule has 0 saturated carbocycles. The molecule has 0 bridgehead atoms. The summed E-state index contributed by atoms with van der Waals surface area (Å²) in [4.78, 5) is 32.9. The molecule has 0 unspecified atom stereocenters. The summed E-state index contributed by atoms with van der Waals surface area (Å²) >= 11 is 11.4. The number of thiocarbonyl (C=S) groups is 1. The number of aromatic nitrogens is 2. The lowest BCUT2D eigenvalue weighted by Crippen LogP contribution is -2.37. The minimum absolute atomic E-state index is 0.0226. The Hall–Kier alpha value is -4.48. The number of anilines is 4. The molecule has 206 valence electrons. The predicted molar refractivity (Wildman–Crippen MR) is 163 cm³/mol. The lowest BCUT2D eigenvalue weighted by atomic mass is 10.1. The minimum atomic E-state index is -0.895. The Kier molecular flexibility index (Phi) is 10.0. The Morgan fingerprint density at radius 1 is 0.900 bits per heavy atom. The maximum Gasteiger partial charge on any atom is 0.305 e. The first-order valence-corrected chi connectivity index (χ1v) is 13.3. The third-order valence-electron chi connectivity index (χ3n) is 5.75. The number of carbonyl (C=O) groups is 2. The van der Waals surface area contributed by atoms with Crippen LogP contribution in [0.5, 0.6) is 0 Å². The van der Waals surface area contributed by atoms with Crippen molar-refractivity contribution in [3.63, 3.8) is 0 Å². The fourth-order valence-electron chi connectivity index (χ4n) is 3.79. The van der Waals surface area contributed by atoms with E-state index >= 15 is 0 Å². The first kappa shape index (κ1) is 28.5. The summed E-state index contributed by atoms with van der Waals surface area (Å²) in [6.45, 7) is 1.25. The van der Waals surface area contributed by atoms with E-state index in [0.717, 1.165) is 10.8 Å². The quantitative estimate of drug-likeness (QED) is 0.100. The van der Waals surface area contributed by atoms with Gasteiger partial charge in [-0.2, -0.15) is 4.98 Å². The van der Waals surface area contributed by atoms with Gasteiger partial charge in [-0.05, 0) is 42.2 Å². The van der Waals surface area contributed by atoms with E-state index in [9.17, 15) is 9.59 Å². The van der Waals surface area contributed by atoms with Gasteiger partial charge in [0.1, 0.15) is 11.4 Å². The molecule has 0 aliphatic rings. The van der Waals surface area contributed by atoms with Crippen molar-refractivity contribution in [2.24, 2.45) is 0 Å². The lowest BCUT2D eigenvalue weighted by molar-refractivity contribution is -0.136. The molecule has 0 fully saturated rings. The molecule has 0 radical (unpaired) electrons. The van der Waals surface area contributed by atoms with E-state index in [4.69, 9.17) is 28.9 Å². The maximum atomic E-state index is 13.4. The Morgan fingerprint density at radius 3 is 2.45 bits per heavy atom. The van der Waals surface area contributed by atoms with E-state index in [1.54, 1.807) is 12.1 Å². The molecule has 1 heterocycles. The number of amides is 1. The fourth-order valence-corrected chi connectivity index (χ4v) is 4.18. The van der Waals surface area contributed by atoms with Gasteiger partial charge in [0.15, 0.2) is 5.11 Å². The van der Waals surface area contributed by atoms with Crippen molar-refractivity contribution in [1.82, 2.24) is 20.6 Å². The molecular formula is C28H28ClN7O3S. The molecule has 0 saturated heterocycles. The molecule has 4 aromatic rings. The molecule has 12 heteroatoms. The monoisotopic (exact) mass is 577 g/mol. The van der Waals surface area contributed by atoms with E-state index in [2.05, 4.69) is 36.6 Å². The predicted octanol–water partition coefficient (Wildman–Crippen LogP) is 5.02. The minimum Gasteiger partial charge on any atom is -0.481 e. The Balaban J connectivity index is 1.46. The highest BCUT2D eigenvalue weighted by Gasteiger charge is 2.17. The van der Waals surface area contributed by atoms with Gasteiger partial charge in [0.25, 0.3) is 5.91 Å². The highest BCUT2D eigenvalue weighted by molar-refractivity contribution is 7.80. The van der Waals surface area contributed by atoms with Crippen LogP contribution < -0.4 is 26.6 Å². The molecule has 0 spiro atoms. The molecule has 1 amide bonds. The zero-order valence-corrected chi connectivity index (χ0v) is 23.0. The van der Waals surface area contributed by atoms with Crippen LogP contribution >= 0.6 is 23.8 Å². The van der Waals surface area contributed by atoms with Gasteiger partial charge in [-0.25, -0.2) is 4.98 Å². The number of nitrogens with zero attached hydrogens (tertiary/aromatic N) is 2. The highest BCUT2D eigenvalue weighted by Crippen LogP contribution is 2.26. The lowest BCUT2D eigenvalue weighted by Gasteiger charge is -2.15. The number of fused-ring (bicyclic) bond motifs is 1. The molecule has 10 nitrogen and oxygen atoms in total. The summed E-state index contributed by atoms with van der Waals surface area (Å²) in [7, 11) is 0. The van der Waals surface area contributed by atoms with Gasteiger partial charge in [-0.3, -0.25) is 9.59 Å². The summed E-state index contributed by atoms with van der Waals surface area (Å²) in [5.74, 6) is -0.623. The molecule has 6 N–H and O–H groups in total. The molecule has 0 atom stereocenters. The highest BCUT2D eigenvalue weighted by atomic mass is 35.5. The van der Waals surface area contributed by atoms with E-state index in [1.165, 1.54) is 6.20 Å². The number of aliphatic carboxylic acids is 1. The zero-order valence-electron chi connectivity index (χ0n) is 21.4. The maximum absolute atomic E-state index is 13.4. The van der Waals surface area contributed by atoms with Crippen molar-refractivity contribution < 1.29 is 14.7 Å². The SMILES string of the molecule is O=C(O)CCNC(=S)NCCCNc1nc(Nc2ccccc2Cl)ncc1C(=O)Nc1cccc2ccccc12.